The van der Waals surface area contributed by atoms with Gasteiger partial charge in [0.15, 0.2) is 6.10 Å². The van der Waals surface area contributed by atoms with Crippen molar-refractivity contribution in [3.63, 3.8) is 0 Å². The molecule has 0 aromatic heterocycles. The second kappa shape index (κ2) is 5.29. The molecule has 1 atom stereocenters. The number of halogens is 1. The maximum Gasteiger partial charge on any atom is 0.204 e. The molecule has 1 heterocycles. The number of rotatable bonds is 2. The number of ether oxygens (including phenoxy) is 1. The van der Waals surface area contributed by atoms with Gasteiger partial charge in [0.25, 0.3) is 0 Å². The summed E-state index contributed by atoms with van der Waals surface area (Å²) in [6.45, 7) is 1.65. The van der Waals surface area contributed by atoms with Crippen LogP contribution in [-0.4, -0.2) is 17.6 Å². The molecule has 0 saturated heterocycles. The van der Waals surface area contributed by atoms with E-state index in [0.29, 0.717) is 16.9 Å². The fraction of sp³-hybridized carbons (Fsp3) is 0.188. The van der Waals surface area contributed by atoms with Gasteiger partial charge in [0.2, 0.25) is 5.78 Å². The van der Waals surface area contributed by atoms with E-state index in [4.69, 9.17) is 4.74 Å². The molecule has 2 aromatic carbocycles. The van der Waals surface area contributed by atoms with Crippen LogP contribution in [0.5, 0.6) is 5.75 Å². The smallest absolute Gasteiger partial charge is 0.204 e. The lowest BCUT2D eigenvalue weighted by molar-refractivity contribution is 0.0815. The number of ketones is 1. The van der Waals surface area contributed by atoms with Crippen LogP contribution in [0.25, 0.3) is 0 Å². The molecule has 0 radical (unpaired) electrons. The van der Waals surface area contributed by atoms with Crippen molar-refractivity contribution < 1.29 is 13.9 Å². The Bertz CT molecular complexity index is 669. The number of aryl methyl sites for hydroxylation is 1. The third-order valence-corrected chi connectivity index (χ3v) is 4.36. The van der Waals surface area contributed by atoms with E-state index in [1.165, 1.54) is 12.1 Å². The van der Waals surface area contributed by atoms with Crippen molar-refractivity contribution in [1.29, 1.82) is 0 Å². The molecule has 0 bridgehead atoms. The molecule has 2 nitrogen and oxygen atoms in total. The van der Waals surface area contributed by atoms with E-state index < -0.39 is 6.10 Å². The van der Waals surface area contributed by atoms with Crippen LogP contribution >= 0.6 is 11.8 Å². The van der Waals surface area contributed by atoms with Gasteiger partial charge < -0.3 is 4.74 Å². The summed E-state index contributed by atoms with van der Waals surface area (Å²) in [7, 11) is 0. The third kappa shape index (κ3) is 2.43. The summed E-state index contributed by atoms with van der Waals surface area (Å²) in [6, 6.07) is 12.1. The largest absolute Gasteiger partial charge is 0.480 e. The molecule has 0 amide bonds. The zero-order valence-corrected chi connectivity index (χ0v) is 11.7. The van der Waals surface area contributed by atoms with Gasteiger partial charge in [-0.15, -0.1) is 11.8 Å². The monoisotopic (exact) mass is 288 g/mol. The number of para-hydroxylation sites is 1. The molecule has 0 aliphatic carbocycles. The number of hydrogen-bond donors (Lipinski definition) is 0. The maximum atomic E-state index is 13.3. The van der Waals surface area contributed by atoms with Crippen molar-refractivity contribution in [3.05, 3.63) is 59.4 Å². The van der Waals surface area contributed by atoms with Gasteiger partial charge in [0.05, 0.1) is 0 Å². The highest BCUT2D eigenvalue weighted by atomic mass is 32.2. The van der Waals surface area contributed by atoms with Crippen LogP contribution in [-0.2, 0) is 0 Å². The molecule has 1 unspecified atom stereocenters. The predicted octanol–water partition coefficient (Wildman–Crippen LogP) is 3.87. The van der Waals surface area contributed by atoms with Crippen LogP contribution in [0.15, 0.2) is 47.4 Å². The molecule has 0 saturated carbocycles. The fourth-order valence-electron chi connectivity index (χ4n) is 2.13. The van der Waals surface area contributed by atoms with Crippen LogP contribution in [0, 0.1) is 12.7 Å². The highest BCUT2D eigenvalue weighted by molar-refractivity contribution is 7.99. The SMILES string of the molecule is Cc1cc(C(=O)C2CSc3ccccc3O2)ccc1F. The van der Waals surface area contributed by atoms with Gasteiger partial charge in [-0.25, -0.2) is 4.39 Å². The Morgan fingerprint density at radius 3 is 2.90 bits per heavy atom. The van der Waals surface area contributed by atoms with E-state index in [0.717, 1.165) is 10.6 Å². The van der Waals surface area contributed by atoms with Gasteiger partial charge in [0.1, 0.15) is 11.6 Å². The van der Waals surface area contributed by atoms with Crippen LogP contribution in [0.4, 0.5) is 4.39 Å². The van der Waals surface area contributed by atoms with Crippen molar-refractivity contribution >= 4 is 17.5 Å². The fourth-order valence-corrected chi connectivity index (χ4v) is 3.12. The second-order valence-electron chi connectivity index (χ2n) is 4.69. The van der Waals surface area contributed by atoms with Crippen molar-refractivity contribution in [2.24, 2.45) is 0 Å². The molecule has 20 heavy (non-hydrogen) atoms. The first kappa shape index (κ1) is 13.2. The lowest BCUT2D eigenvalue weighted by Crippen LogP contribution is -2.32. The van der Waals surface area contributed by atoms with E-state index in [1.807, 2.05) is 24.3 Å². The van der Waals surface area contributed by atoms with Crippen molar-refractivity contribution in [1.82, 2.24) is 0 Å². The summed E-state index contributed by atoms with van der Waals surface area (Å²) in [5, 5.41) is 0. The Morgan fingerprint density at radius 2 is 2.10 bits per heavy atom. The predicted molar refractivity (Wildman–Crippen MR) is 77.0 cm³/mol. The highest BCUT2D eigenvalue weighted by Gasteiger charge is 2.27. The number of benzene rings is 2. The van der Waals surface area contributed by atoms with Crippen molar-refractivity contribution in [3.8, 4) is 5.75 Å². The van der Waals surface area contributed by atoms with Gasteiger partial charge >= 0.3 is 0 Å². The standard InChI is InChI=1S/C16H13FO2S/c1-10-8-11(6-7-12(10)17)16(18)14-9-20-15-5-3-2-4-13(15)19-14/h2-8,14H,9H2,1H3. The minimum Gasteiger partial charge on any atom is -0.480 e. The average Bonchev–Trinajstić information content (AvgIpc) is 2.49. The van der Waals surface area contributed by atoms with Crippen LogP contribution in [0.2, 0.25) is 0 Å². The normalized spacial score (nSPS) is 17.2. The molecular weight excluding hydrogens is 275 g/mol. The number of thioether (sulfide) groups is 1. The van der Waals surface area contributed by atoms with Gasteiger partial charge in [0, 0.05) is 16.2 Å². The number of carbonyl (C=O) groups excluding carboxylic acids is 1. The first-order chi connectivity index (χ1) is 9.65. The Hall–Kier alpha value is -1.81. The Kier molecular flexibility index (Phi) is 3.49. The molecular formula is C16H13FO2S. The molecule has 1 aliphatic rings. The Labute approximate surface area is 121 Å². The third-order valence-electron chi connectivity index (χ3n) is 3.24. The molecule has 0 N–H and O–H groups in total. The zero-order valence-electron chi connectivity index (χ0n) is 10.9. The maximum absolute atomic E-state index is 13.3. The van der Waals surface area contributed by atoms with E-state index in [9.17, 15) is 9.18 Å². The lowest BCUT2D eigenvalue weighted by Gasteiger charge is -2.24. The lowest BCUT2D eigenvalue weighted by atomic mass is 10.0. The molecule has 1 aliphatic heterocycles. The van der Waals surface area contributed by atoms with E-state index >= 15 is 0 Å². The van der Waals surface area contributed by atoms with Gasteiger partial charge in [-0.2, -0.15) is 0 Å². The van der Waals surface area contributed by atoms with Crippen LogP contribution in [0.3, 0.4) is 0 Å². The number of Topliss-reactive ketones (excluding diaryl/α,β-unsaturated/α-hetero) is 1. The Morgan fingerprint density at radius 1 is 1.30 bits per heavy atom. The van der Waals surface area contributed by atoms with Crippen LogP contribution < -0.4 is 4.74 Å². The highest BCUT2D eigenvalue weighted by Crippen LogP contribution is 2.35. The number of fused-ring (bicyclic) bond motifs is 1. The molecule has 102 valence electrons. The molecule has 4 heteroatoms. The first-order valence-electron chi connectivity index (χ1n) is 6.34. The molecule has 0 spiro atoms. The summed E-state index contributed by atoms with van der Waals surface area (Å²) < 4.78 is 19.0. The minimum atomic E-state index is -0.514. The number of carbonyl (C=O) groups is 1. The van der Waals surface area contributed by atoms with E-state index in [2.05, 4.69) is 0 Å². The zero-order chi connectivity index (χ0) is 14.1. The van der Waals surface area contributed by atoms with Crippen molar-refractivity contribution in [2.75, 3.05) is 5.75 Å². The quantitative estimate of drug-likeness (QED) is 0.785. The summed E-state index contributed by atoms with van der Waals surface area (Å²) in [5.41, 5.74) is 0.966. The molecule has 0 fully saturated rings. The first-order valence-corrected chi connectivity index (χ1v) is 7.32. The minimum absolute atomic E-state index is 0.102. The number of hydrogen-bond acceptors (Lipinski definition) is 3. The van der Waals surface area contributed by atoms with E-state index in [-0.39, 0.29) is 11.6 Å². The molecule has 3 rings (SSSR count). The Balaban J connectivity index is 1.84. The van der Waals surface area contributed by atoms with Gasteiger partial charge in [-0.1, -0.05) is 12.1 Å². The topological polar surface area (TPSA) is 26.3 Å². The summed E-state index contributed by atoms with van der Waals surface area (Å²) in [4.78, 5) is 13.5. The average molecular weight is 288 g/mol. The summed E-state index contributed by atoms with van der Waals surface area (Å²) in [6.07, 6.45) is -0.514. The van der Waals surface area contributed by atoms with Crippen molar-refractivity contribution in [2.45, 2.75) is 17.9 Å². The summed E-state index contributed by atoms with van der Waals surface area (Å²) in [5.74, 6) is 0.911. The summed E-state index contributed by atoms with van der Waals surface area (Å²) >= 11 is 1.61. The van der Waals surface area contributed by atoms with Gasteiger partial charge in [-0.05, 0) is 42.8 Å². The van der Waals surface area contributed by atoms with Gasteiger partial charge in [-0.3, -0.25) is 4.79 Å². The molecule has 2 aromatic rings. The van der Waals surface area contributed by atoms with E-state index in [1.54, 1.807) is 24.8 Å². The van der Waals surface area contributed by atoms with Crippen LogP contribution in [0.1, 0.15) is 15.9 Å². The second-order valence-corrected chi connectivity index (χ2v) is 5.75.